The van der Waals surface area contributed by atoms with Crippen LogP contribution in [0.1, 0.15) is 17.9 Å². The summed E-state index contributed by atoms with van der Waals surface area (Å²) in [6.45, 7) is 0. The van der Waals surface area contributed by atoms with Gasteiger partial charge in [-0.3, -0.25) is 0 Å². The molecule has 2 aromatic heterocycles. The topological polar surface area (TPSA) is 43.8 Å². The quantitative estimate of drug-likeness (QED) is 0.733. The lowest BCUT2D eigenvalue weighted by molar-refractivity contribution is 0.926. The van der Waals surface area contributed by atoms with E-state index >= 15 is 0 Å². The molecule has 3 rings (SSSR count). The first-order chi connectivity index (χ1) is 6.77. The van der Waals surface area contributed by atoms with Crippen molar-refractivity contribution in [3.63, 3.8) is 0 Å². The van der Waals surface area contributed by atoms with Crippen molar-refractivity contribution in [1.82, 2.24) is 9.55 Å². The van der Waals surface area contributed by atoms with E-state index in [1.165, 1.54) is 10.9 Å². The maximum atomic E-state index is 5.87. The van der Waals surface area contributed by atoms with Crippen LogP contribution in [-0.2, 0) is 7.05 Å². The molecule has 0 radical (unpaired) electrons. The molecule has 2 unspecified atom stereocenters. The molecule has 0 amide bonds. The van der Waals surface area contributed by atoms with Crippen LogP contribution in [0.15, 0.2) is 24.5 Å². The lowest BCUT2D eigenvalue weighted by Gasteiger charge is -1.93. The van der Waals surface area contributed by atoms with Gasteiger partial charge in [-0.15, -0.1) is 0 Å². The summed E-state index contributed by atoms with van der Waals surface area (Å²) in [7, 11) is 2.03. The summed E-state index contributed by atoms with van der Waals surface area (Å²) in [5, 5.41) is 1.26. The van der Waals surface area contributed by atoms with Gasteiger partial charge in [-0.2, -0.15) is 0 Å². The van der Waals surface area contributed by atoms with Crippen molar-refractivity contribution in [2.75, 3.05) is 0 Å². The number of nitrogens with zero attached hydrogens (tertiary/aromatic N) is 2. The molecule has 1 fully saturated rings. The van der Waals surface area contributed by atoms with E-state index in [0.717, 1.165) is 12.1 Å². The summed E-state index contributed by atoms with van der Waals surface area (Å²) in [5.41, 5.74) is 8.29. The molecule has 0 bridgehead atoms. The van der Waals surface area contributed by atoms with Crippen molar-refractivity contribution in [3.05, 3.63) is 30.1 Å². The second-order valence-corrected chi connectivity index (χ2v) is 4.08. The molecule has 72 valence electrons. The Labute approximate surface area is 82.5 Å². The van der Waals surface area contributed by atoms with E-state index in [4.69, 9.17) is 5.73 Å². The van der Waals surface area contributed by atoms with E-state index in [0.29, 0.717) is 12.0 Å². The van der Waals surface area contributed by atoms with E-state index in [1.807, 2.05) is 19.3 Å². The van der Waals surface area contributed by atoms with Crippen LogP contribution < -0.4 is 5.73 Å². The molecule has 0 saturated heterocycles. The average molecular weight is 187 g/mol. The van der Waals surface area contributed by atoms with Gasteiger partial charge in [0.1, 0.15) is 5.65 Å². The van der Waals surface area contributed by atoms with Crippen LogP contribution in [0.25, 0.3) is 11.0 Å². The zero-order chi connectivity index (χ0) is 9.71. The number of aromatic nitrogens is 2. The maximum absolute atomic E-state index is 5.87. The summed E-state index contributed by atoms with van der Waals surface area (Å²) in [5.74, 6) is 0.558. The zero-order valence-electron chi connectivity index (χ0n) is 8.14. The smallest absolute Gasteiger partial charge is 0.139 e. The molecule has 0 aromatic carbocycles. The SMILES string of the molecule is Cn1cc(C2CC2N)c2cccnc21. The molecule has 3 nitrogen and oxygen atoms in total. The normalized spacial score (nSPS) is 25.6. The van der Waals surface area contributed by atoms with Crippen molar-refractivity contribution in [1.29, 1.82) is 0 Å². The van der Waals surface area contributed by atoms with Crippen molar-refractivity contribution in [2.24, 2.45) is 12.8 Å². The van der Waals surface area contributed by atoms with Crippen molar-refractivity contribution in [2.45, 2.75) is 18.4 Å². The third-order valence-corrected chi connectivity index (χ3v) is 3.00. The minimum absolute atomic E-state index is 0.362. The van der Waals surface area contributed by atoms with Gasteiger partial charge < -0.3 is 10.3 Å². The maximum Gasteiger partial charge on any atom is 0.139 e. The number of hydrogen-bond donors (Lipinski definition) is 1. The minimum atomic E-state index is 0.362. The highest BCUT2D eigenvalue weighted by Crippen LogP contribution is 2.42. The molecule has 0 aliphatic heterocycles. The summed E-state index contributed by atoms with van der Waals surface area (Å²) >= 11 is 0. The fourth-order valence-corrected chi connectivity index (χ4v) is 2.11. The first kappa shape index (κ1) is 8.00. The van der Waals surface area contributed by atoms with Crippen LogP contribution >= 0.6 is 0 Å². The standard InChI is InChI=1S/C11H13N3/c1-14-6-9(8-5-10(8)12)7-3-2-4-13-11(7)14/h2-4,6,8,10H,5,12H2,1H3. The molecule has 2 N–H and O–H groups in total. The van der Waals surface area contributed by atoms with Gasteiger partial charge in [-0.05, 0) is 24.1 Å². The molecule has 1 aliphatic carbocycles. The molecule has 1 aliphatic rings. The molecular formula is C11H13N3. The number of hydrogen-bond acceptors (Lipinski definition) is 2. The first-order valence-corrected chi connectivity index (χ1v) is 4.93. The summed E-state index contributed by atoms with van der Waals surface area (Å²) in [6.07, 6.45) is 5.11. The molecule has 2 heterocycles. The van der Waals surface area contributed by atoms with Crippen LogP contribution in [-0.4, -0.2) is 15.6 Å². The van der Waals surface area contributed by atoms with Crippen LogP contribution in [0.5, 0.6) is 0 Å². The Bertz CT molecular complexity index is 486. The second-order valence-electron chi connectivity index (χ2n) is 4.08. The van der Waals surface area contributed by atoms with E-state index in [-0.39, 0.29) is 0 Å². The highest BCUT2D eigenvalue weighted by molar-refractivity contribution is 5.81. The summed E-state index contributed by atoms with van der Waals surface area (Å²) in [6, 6.07) is 4.48. The minimum Gasteiger partial charge on any atom is -0.335 e. The molecule has 3 heteroatoms. The number of rotatable bonds is 1. The van der Waals surface area contributed by atoms with E-state index < -0.39 is 0 Å². The average Bonchev–Trinajstić information content (AvgIpc) is 2.82. The fourth-order valence-electron chi connectivity index (χ4n) is 2.11. The van der Waals surface area contributed by atoms with Crippen molar-refractivity contribution >= 4 is 11.0 Å². The van der Waals surface area contributed by atoms with Gasteiger partial charge in [0.2, 0.25) is 0 Å². The Hall–Kier alpha value is -1.35. The van der Waals surface area contributed by atoms with Crippen LogP contribution in [0.2, 0.25) is 0 Å². The molecule has 0 spiro atoms. The van der Waals surface area contributed by atoms with E-state index in [9.17, 15) is 0 Å². The Balaban J connectivity index is 2.24. The number of pyridine rings is 1. The first-order valence-electron chi connectivity index (χ1n) is 4.93. The Kier molecular flexibility index (Phi) is 1.47. The van der Waals surface area contributed by atoms with Crippen LogP contribution in [0.3, 0.4) is 0 Å². The fraction of sp³-hybridized carbons (Fsp3) is 0.364. The molecule has 2 aromatic rings. The highest BCUT2D eigenvalue weighted by Gasteiger charge is 2.36. The predicted molar refractivity (Wildman–Crippen MR) is 56.0 cm³/mol. The summed E-state index contributed by atoms with van der Waals surface area (Å²) < 4.78 is 2.08. The predicted octanol–water partition coefficient (Wildman–Crippen LogP) is 1.39. The Morgan fingerprint density at radius 3 is 3.07 bits per heavy atom. The van der Waals surface area contributed by atoms with Gasteiger partial charge >= 0.3 is 0 Å². The lowest BCUT2D eigenvalue weighted by atomic mass is 10.1. The van der Waals surface area contributed by atoms with Gasteiger partial charge in [-0.1, -0.05) is 0 Å². The van der Waals surface area contributed by atoms with E-state index in [1.54, 1.807) is 0 Å². The van der Waals surface area contributed by atoms with E-state index in [2.05, 4.69) is 21.8 Å². The third kappa shape index (κ3) is 0.990. The Morgan fingerprint density at radius 2 is 2.36 bits per heavy atom. The third-order valence-electron chi connectivity index (χ3n) is 3.00. The molecule has 14 heavy (non-hydrogen) atoms. The van der Waals surface area contributed by atoms with Crippen molar-refractivity contribution < 1.29 is 0 Å². The van der Waals surface area contributed by atoms with Gasteiger partial charge in [-0.25, -0.2) is 4.98 Å². The monoisotopic (exact) mass is 187 g/mol. The van der Waals surface area contributed by atoms with Gasteiger partial charge in [0.15, 0.2) is 0 Å². The Morgan fingerprint density at radius 1 is 1.57 bits per heavy atom. The summed E-state index contributed by atoms with van der Waals surface area (Å²) in [4.78, 5) is 4.36. The number of fused-ring (bicyclic) bond motifs is 1. The molecular weight excluding hydrogens is 174 g/mol. The number of aryl methyl sites for hydroxylation is 1. The second kappa shape index (κ2) is 2.58. The van der Waals surface area contributed by atoms with Crippen LogP contribution in [0, 0.1) is 0 Å². The molecule has 2 atom stereocenters. The largest absolute Gasteiger partial charge is 0.335 e. The van der Waals surface area contributed by atoms with Gasteiger partial charge in [0.05, 0.1) is 0 Å². The van der Waals surface area contributed by atoms with Crippen LogP contribution in [0.4, 0.5) is 0 Å². The number of nitrogens with two attached hydrogens (primary N) is 1. The molecule has 1 saturated carbocycles. The van der Waals surface area contributed by atoms with Gasteiger partial charge in [0, 0.05) is 36.8 Å². The van der Waals surface area contributed by atoms with Gasteiger partial charge in [0.25, 0.3) is 0 Å². The highest BCUT2D eigenvalue weighted by atomic mass is 15.0. The lowest BCUT2D eigenvalue weighted by Crippen LogP contribution is -2.00. The van der Waals surface area contributed by atoms with Crippen molar-refractivity contribution in [3.8, 4) is 0 Å². The zero-order valence-corrected chi connectivity index (χ0v) is 8.14.